The van der Waals surface area contributed by atoms with E-state index in [-0.39, 0.29) is 17.9 Å². The Bertz CT molecular complexity index is 1240. The standard InChI is InChI=1S/C25H26N4O3S/c1-15-6-4-7-17(12-15)23-21(27-16(2)33-23)25(31)29-11-10-18(29)13-26-24(30)19-8-5-9-20-22(19)28(3)14-32-20/h4-9,12,18H,10-11,13-14H2,1-3H3,(H,26,30)/t18-/m0/s1. The topological polar surface area (TPSA) is 74.8 Å². The molecule has 33 heavy (non-hydrogen) atoms. The Hall–Kier alpha value is -3.39. The van der Waals surface area contributed by atoms with Crippen LogP contribution < -0.4 is 15.0 Å². The number of rotatable bonds is 5. The normalized spacial score (nSPS) is 16.8. The number of fused-ring (bicyclic) bond motifs is 1. The van der Waals surface area contributed by atoms with Gasteiger partial charge in [0.15, 0.2) is 6.73 Å². The van der Waals surface area contributed by atoms with Gasteiger partial charge in [-0.3, -0.25) is 9.59 Å². The second kappa shape index (κ2) is 8.51. The van der Waals surface area contributed by atoms with Crippen LogP contribution in [0.25, 0.3) is 10.4 Å². The number of para-hydroxylation sites is 1. The average Bonchev–Trinajstić information content (AvgIpc) is 3.36. The van der Waals surface area contributed by atoms with E-state index in [1.165, 1.54) is 11.3 Å². The van der Waals surface area contributed by atoms with E-state index in [4.69, 9.17) is 4.74 Å². The molecule has 3 aromatic rings. The summed E-state index contributed by atoms with van der Waals surface area (Å²) in [6.07, 6.45) is 0.852. The number of hydrogen-bond donors (Lipinski definition) is 1. The SMILES string of the molecule is Cc1cccc(-c2sc(C)nc2C(=O)N2CC[C@H]2CNC(=O)c2cccc3c2N(C)CO3)c1. The van der Waals surface area contributed by atoms with E-state index in [1.54, 1.807) is 6.07 Å². The molecule has 0 saturated carbocycles. The Morgan fingerprint density at radius 3 is 2.79 bits per heavy atom. The molecule has 3 heterocycles. The number of carbonyl (C=O) groups is 2. The third-order valence-corrected chi connectivity index (χ3v) is 7.18. The van der Waals surface area contributed by atoms with Gasteiger partial charge in [-0.2, -0.15) is 0 Å². The smallest absolute Gasteiger partial charge is 0.274 e. The first kappa shape index (κ1) is 21.5. The fourth-order valence-corrected chi connectivity index (χ4v) is 5.27. The maximum atomic E-state index is 13.4. The number of ether oxygens (including phenoxy) is 1. The zero-order valence-electron chi connectivity index (χ0n) is 18.9. The molecule has 0 bridgehead atoms. The van der Waals surface area contributed by atoms with Crippen molar-refractivity contribution in [1.29, 1.82) is 0 Å². The van der Waals surface area contributed by atoms with Gasteiger partial charge in [0.05, 0.1) is 27.2 Å². The number of aromatic nitrogens is 1. The van der Waals surface area contributed by atoms with E-state index in [0.29, 0.717) is 36.8 Å². The molecule has 0 radical (unpaired) electrons. The molecule has 5 rings (SSSR count). The number of nitrogens with zero attached hydrogens (tertiary/aromatic N) is 3. The molecule has 2 aliphatic heterocycles. The molecular weight excluding hydrogens is 436 g/mol. The van der Waals surface area contributed by atoms with Crippen molar-refractivity contribution in [3.8, 4) is 16.2 Å². The highest BCUT2D eigenvalue weighted by Crippen LogP contribution is 2.36. The maximum Gasteiger partial charge on any atom is 0.274 e. The molecular formula is C25H26N4O3S. The number of carbonyl (C=O) groups excluding carboxylic acids is 2. The average molecular weight is 463 g/mol. The maximum absolute atomic E-state index is 13.4. The lowest BCUT2D eigenvalue weighted by atomic mass is 10.0. The lowest BCUT2D eigenvalue weighted by Gasteiger charge is -2.40. The molecule has 170 valence electrons. The van der Waals surface area contributed by atoms with Crippen LogP contribution in [-0.4, -0.2) is 54.6 Å². The van der Waals surface area contributed by atoms with Crippen molar-refractivity contribution in [2.75, 3.05) is 31.8 Å². The summed E-state index contributed by atoms with van der Waals surface area (Å²) in [4.78, 5) is 35.5. The summed E-state index contributed by atoms with van der Waals surface area (Å²) >= 11 is 1.54. The minimum Gasteiger partial charge on any atom is -0.471 e. The Labute approximate surface area is 197 Å². The molecule has 7 nitrogen and oxygen atoms in total. The largest absolute Gasteiger partial charge is 0.471 e. The number of likely N-dealkylation sites (tertiary alicyclic amines) is 1. The van der Waals surface area contributed by atoms with Crippen molar-refractivity contribution in [3.05, 3.63) is 64.3 Å². The quantitative estimate of drug-likeness (QED) is 0.623. The summed E-state index contributed by atoms with van der Waals surface area (Å²) in [7, 11) is 1.90. The van der Waals surface area contributed by atoms with Crippen LogP contribution in [0.4, 0.5) is 5.69 Å². The van der Waals surface area contributed by atoms with Gasteiger partial charge in [0.1, 0.15) is 11.4 Å². The first-order chi connectivity index (χ1) is 15.9. The molecule has 1 fully saturated rings. The highest BCUT2D eigenvalue weighted by molar-refractivity contribution is 7.15. The molecule has 1 saturated heterocycles. The first-order valence-electron chi connectivity index (χ1n) is 11.0. The van der Waals surface area contributed by atoms with Gasteiger partial charge < -0.3 is 19.9 Å². The fourth-order valence-electron chi connectivity index (χ4n) is 4.36. The van der Waals surface area contributed by atoms with Crippen LogP contribution in [0.1, 0.15) is 37.8 Å². The molecule has 0 unspecified atom stereocenters. The predicted octanol–water partition coefficient (Wildman–Crippen LogP) is 3.86. The van der Waals surface area contributed by atoms with Gasteiger partial charge in [0, 0.05) is 20.1 Å². The number of hydrogen-bond acceptors (Lipinski definition) is 6. The van der Waals surface area contributed by atoms with Crippen LogP contribution >= 0.6 is 11.3 Å². The first-order valence-corrected chi connectivity index (χ1v) is 11.8. The molecule has 0 aliphatic carbocycles. The lowest BCUT2D eigenvalue weighted by Crippen LogP contribution is -2.56. The summed E-state index contributed by atoms with van der Waals surface area (Å²) in [6.45, 7) is 5.47. The van der Waals surface area contributed by atoms with Crippen molar-refractivity contribution in [1.82, 2.24) is 15.2 Å². The minimum absolute atomic E-state index is 0.0421. The van der Waals surface area contributed by atoms with E-state index >= 15 is 0 Å². The number of thiazole rings is 1. The van der Waals surface area contributed by atoms with Crippen molar-refractivity contribution in [3.63, 3.8) is 0 Å². The van der Waals surface area contributed by atoms with E-state index < -0.39 is 0 Å². The van der Waals surface area contributed by atoms with Crippen molar-refractivity contribution in [2.45, 2.75) is 26.3 Å². The molecule has 2 aliphatic rings. The second-order valence-corrected chi connectivity index (χ2v) is 9.76. The number of anilines is 1. The number of nitrogens with one attached hydrogen (secondary N) is 1. The van der Waals surface area contributed by atoms with E-state index in [2.05, 4.69) is 16.4 Å². The van der Waals surface area contributed by atoms with Crippen LogP contribution in [0.2, 0.25) is 0 Å². The Balaban J connectivity index is 1.29. The predicted molar refractivity (Wildman–Crippen MR) is 129 cm³/mol. The summed E-state index contributed by atoms with van der Waals surface area (Å²) < 4.78 is 5.60. The molecule has 2 aromatic carbocycles. The van der Waals surface area contributed by atoms with Crippen LogP contribution in [0.3, 0.4) is 0 Å². The number of benzene rings is 2. The molecule has 8 heteroatoms. The summed E-state index contributed by atoms with van der Waals surface area (Å²) in [5.74, 6) is 0.483. The zero-order chi connectivity index (χ0) is 23.1. The molecule has 1 atom stereocenters. The fraction of sp³-hybridized carbons (Fsp3) is 0.320. The lowest BCUT2D eigenvalue weighted by molar-refractivity contribution is 0.0451. The van der Waals surface area contributed by atoms with Gasteiger partial charge in [-0.05, 0) is 38.0 Å². The van der Waals surface area contributed by atoms with Gasteiger partial charge in [-0.25, -0.2) is 4.98 Å². The Kier molecular flexibility index (Phi) is 5.54. The van der Waals surface area contributed by atoms with Gasteiger partial charge in [0.2, 0.25) is 0 Å². The number of amides is 2. The third kappa shape index (κ3) is 3.95. The third-order valence-electron chi connectivity index (χ3n) is 6.16. The highest BCUT2D eigenvalue weighted by Gasteiger charge is 2.36. The number of aryl methyl sites for hydroxylation is 2. The van der Waals surface area contributed by atoms with E-state index in [9.17, 15) is 9.59 Å². The van der Waals surface area contributed by atoms with E-state index in [0.717, 1.165) is 33.1 Å². The van der Waals surface area contributed by atoms with Crippen molar-refractivity contribution in [2.24, 2.45) is 0 Å². The van der Waals surface area contributed by atoms with Crippen molar-refractivity contribution >= 4 is 28.8 Å². The van der Waals surface area contributed by atoms with Crippen molar-refractivity contribution < 1.29 is 14.3 Å². The Morgan fingerprint density at radius 1 is 1.21 bits per heavy atom. The van der Waals surface area contributed by atoms with Gasteiger partial charge in [-0.15, -0.1) is 11.3 Å². The monoisotopic (exact) mass is 462 g/mol. The Morgan fingerprint density at radius 2 is 2.03 bits per heavy atom. The van der Waals surface area contributed by atoms with Gasteiger partial charge in [-0.1, -0.05) is 35.9 Å². The van der Waals surface area contributed by atoms with Crippen LogP contribution in [0.15, 0.2) is 42.5 Å². The van der Waals surface area contributed by atoms with Crippen LogP contribution in [0.5, 0.6) is 5.75 Å². The molecule has 0 spiro atoms. The minimum atomic E-state index is -0.159. The second-order valence-electron chi connectivity index (χ2n) is 8.55. The summed E-state index contributed by atoms with van der Waals surface area (Å²) in [5, 5.41) is 3.88. The highest BCUT2D eigenvalue weighted by atomic mass is 32.1. The molecule has 1 N–H and O–H groups in total. The van der Waals surface area contributed by atoms with Crippen LogP contribution in [-0.2, 0) is 0 Å². The van der Waals surface area contributed by atoms with Crippen LogP contribution in [0, 0.1) is 13.8 Å². The summed E-state index contributed by atoms with van der Waals surface area (Å²) in [6, 6.07) is 13.6. The molecule has 2 amide bonds. The van der Waals surface area contributed by atoms with Gasteiger partial charge in [0.25, 0.3) is 11.8 Å². The van der Waals surface area contributed by atoms with Gasteiger partial charge >= 0.3 is 0 Å². The molecule has 1 aromatic heterocycles. The summed E-state index contributed by atoms with van der Waals surface area (Å²) in [5.41, 5.74) is 4.04. The zero-order valence-corrected chi connectivity index (χ0v) is 19.7. The van der Waals surface area contributed by atoms with E-state index in [1.807, 2.05) is 61.0 Å².